The number of thioether (sulfide) groups is 1. The summed E-state index contributed by atoms with van der Waals surface area (Å²) < 4.78 is 16.4. The number of aromatic nitrogens is 1. The van der Waals surface area contributed by atoms with Crippen molar-refractivity contribution in [1.29, 1.82) is 0 Å². The molecule has 0 saturated heterocycles. The second-order valence-electron chi connectivity index (χ2n) is 6.83. The molecular weight excluding hydrogens is 392 g/mol. The van der Waals surface area contributed by atoms with Crippen LogP contribution in [0.1, 0.15) is 35.8 Å². The number of carbonyl (C=O) groups is 2. The standard InChI is InChI=1S/C21H24N2O5S/c1-13(2)19(14-6-7-16-17(11-14)27-10-9-26-16)23-18(24)12-28-21(25)15-5-4-8-22-20(15)29-3/h4-8,11,13,19H,9-10,12H2,1-3H3,(H,23,24)/t19-/m0/s1. The van der Waals surface area contributed by atoms with Gasteiger partial charge in [-0.2, -0.15) is 0 Å². The van der Waals surface area contributed by atoms with Crippen molar-refractivity contribution >= 4 is 23.6 Å². The first-order chi connectivity index (χ1) is 14.0. The number of nitrogens with one attached hydrogen (secondary N) is 1. The van der Waals surface area contributed by atoms with Crippen LogP contribution in [0, 0.1) is 5.92 Å². The highest BCUT2D eigenvalue weighted by Crippen LogP contribution is 2.34. The zero-order valence-electron chi connectivity index (χ0n) is 16.6. The van der Waals surface area contributed by atoms with Crippen LogP contribution < -0.4 is 14.8 Å². The quantitative estimate of drug-likeness (QED) is 0.548. The van der Waals surface area contributed by atoms with Gasteiger partial charge >= 0.3 is 5.97 Å². The van der Waals surface area contributed by atoms with Crippen LogP contribution in [0.15, 0.2) is 41.6 Å². The number of pyridine rings is 1. The molecular formula is C21H24N2O5S. The largest absolute Gasteiger partial charge is 0.486 e. The second kappa shape index (κ2) is 9.65. The lowest BCUT2D eigenvalue weighted by atomic mass is 9.95. The number of rotatable bonds is 7. The van der Waals surface area contributed by atoms with E-state index in [1.807, 2.05) is 38.3 Å². The van der Waals surface area contributed by atoms with Crippen LogP contribution in [-0.4, -0.2) is 42.9 Å². The minimum atomic E-state index is -0.571. The molecule has 0 saturated carbocycles. The molecule has 8 heteroatoms. The van der Waals surface area contributed by atoms with Gasteiger partial charge in [0, 0.05) is 6.20 Å². The molecule has 0 spiro atoms. The minimum Gasteiger partial charge on any atom is -0.486 e. The van der Waals surface area contributed by atoms with E-state index in [9.17, 15) is 9.59 Å². The lowest BCUT2D eigenvalue weighted by Gasteiger charge is -2.25. The molecule has 3 rings (SSSR count). The van der Waals surface area contributed by atoms with Crippen molar-refractivity contribution in [2.75, 3.05) is 26.1 Å². The molecule has 0 unspecified atom stereocenters. The fraction of sp³-hybridized carbons (Fsp3) is 0.381. The maximum absolute atomic E-state index is 12.4. The molecule has 0 bridgehead atoms. The molecule has 1 aliphatic rings. The Hall–Kier alpha value is -2.74. The van der Waals surface area contributed by atoms with Gasteiger partial charge < -0.3 is 19.5 Å². The van der Waals surface area contributed by atoms with Crippen LogP contribution in [0.2, 0.25) is 0 Å². The van der Waals surface area contributed by atoms with Crippen molar-refractivity contribution < 1.29 is 23.8 Å². The van der Waals surface area contributed by atoms with Gasteiger partial charge in [0.05, 0.1) is 11.6 Å². The highest BCUT2D eigenvalue weighted by atomic mass is 32.2. The zero-order valence-corrected chi connectivity index (χ0v) is 17.5. The van der Waals surface area contributed by atoms with E-state index in [2.05, 4.69) is 10.3 Å². The number of hydrogen-bond donors (Lipinski definition) is 1. The SMILES string of the molecule is CSc1ncccc1C(=O)OCC(=O)N[C@H](c1ccc2c(c1)OCCO2)C(C)C. The third kappa shape index (κ3) is 5.20. The van der Waals surface area contributed by atoms with E-state index in [1.54, 1.807) is 18.3 Å². The Balaban J connectivity index is 1.63. The van der Waals surface area contributed by atoms with Gasteiger partial charge in [-0.25, -0.2) is 9.78 Å². The highest BCUT2D eigenvalue weighted by molar-refractivity contribution is 7.98. The number of amides is 1. The minimum absolute atomic E-state index is 0.124. The summed E-state index contributed by atoms with van der Waals surface area (Å²) in [6.45, 7) is 4.67. The molecule has 1 aromatic heterocycles. The number of fused-ring (bicyclic) bond motifs is 1. The van der Waals surface area contributed by atoms with E-state index in [1.165, 1.54) is 11.8 Å². The summed E-state index contributed by atoms with van der Waals surface area (Å²) in [5.74, 6) is 0.545. The van der Waals surface area contributed by atoms with Gasteiger partial charge in [-0.1, -0.05) is 19.9 Å². The number of esters is 1. The molecule has 154 valence electrons. The lowest BCUT2D eigenvalue weighted by molar-refractivity contribution is -0.125. The second-order valence-corrected chi connectivity index (χ2v) is 7.62. The maximum Gasteiger partial charge on any atom is 0.341 e. The van der Waals surface area contributed by atoms with Crippen LogP contribution in [0.25, 0.3) is 0 Å². The molecule has 1 N–H and O–H groups in total. The summed E-state index contributed by atoms with van der Waals surface area (Å²) in [5, 5.41) is 3.51. The molecule has 2 aromatic rings. The summed E-state index contributed by atoms with van der Waals surface area (Å²) in [7, 11) is 0. The average Bonchev–Trinajstić information content (AvgIpc) is 2.75. The molecule has 2 heterocycles. The predicted molar refractivity (Wildman–Crippen MR) is 109 cm³/mol. The van der Waals surface area contributed by atoms with Gasteiger partial charge in [-0.05, 0) is 42.0 Å². The molecule has 29 heavy (non-hydrogen) atoms. The predicted octanol–water partition coefficient (Wildman–Crippen LogP) is 3.25. The Morgan fingerprint density at radius 3 is 2.69 bits per heavy atom. The molecule has 0 aliphatic carbocycles. The fourth-order valence-corrected chi connectivity index (χ4v) is 3.56. The summed E-state index contributed by atoms with van der Waals surface area (Å²) >= 11 is 1.35. The Kier molecular flexibility index (Phi) is 6.98. The van der Waals surface area contributed by atoms with Crippen molar-refractivity contribution in [1.82, 2.24) is 10.3 Å². The maximum atomic E-state index is 12.4. The van der Waals surface area contributed by atoms with Crippen LogP contribution in [0.5, 0.6) is 11.5 Å². The average molecular weight is 416 g/mol. The molecule has 0 fully saturated rings. The number of benzene rings is 1. The normalized spacial score (nSPS) is 13.7. The van der Waals surface area contributed by atoms with Crippen LogP contribution >= 0.6 is 11.8 Å². The summed E-state index contributed by atoms with van der Waals surface area (Å²) in [6, 6.07) is 8.67. The molecule has 1 atom stereocenters. The van der Waals surface area contributed by atoms with Gasteiger partial charge in [-0.15, -0.1) is 11.8 Å². The van der Waals surface area contributed by atoms with Gasteiger partial charge in [0.15, 0.2) is 18.1 Å². The van der Waals surface area contributed by atoms with E-state index < -0.39 is 5.97 Å². The third-order valence-corrected chi connectivity index (χ3v) is 5.14. The number of nitrogens with zero attached hydrogens (tertiary/aromatic N) is 1. The number of ether oxygens (including phenoxy) is 3. The van der Waals surface area contributed by atoms with E-state index in [4.69, 9.17) is 14.2 Å². The first-order valence-electron chi connectivity index (χ1n) is 9.34. The van der Waals surface area contributed by atoms with Crippen molar-refractivity contribution in [3.8, 4) is 11.5 Å². The summed E-state index contributed by atoms with van der Waals surface area (Å²) in [4.78, 5) is 28.9. The summed E-state index contributed by atoms with van der Waals surface area (Å²) in [6.07, 6.45) is 3.43. The third-order valence-electron chi connectivity index (χ3n) is 4.43. The van der Waals surface area contributed by atoms with E-state index in [0.29, 0.717) is 35.3 Å². The fourth-order valence-electron chi connectivity index (χ4n) is 3.02. The monoisotopic (exact) mass is 416 g/mol. The first kappa shape index (κ1) is 21.0. The molecule has 7 nitrogen and oxygen atoms in total. The van der Waals surface area contributed by atoms with Crippen molar-refractivity contribution in [2.24, 2.45) is 5.92 Å². The van der Waals surface area contributed by atoms with E-state index in [-0.39, 0.29) is 24.5 Å². The van der Waals surface area contributed by atoms with Crippen molar-refractivity contribution in [3.63, 3.8) is 0 Å². The van der Waals surface area contributed by atoms with Gasteiger partial charge in [0.2, 0.25) is 0 Å². The number of hydrogen-bond acceptors (Lipinski definition) is 7. The van der Waals surface area contributed by atoms with Crippen molar-refractivity contribution in [3.05, 3.63) is 47.7 Å². The van der Waals surface area contributed by atoms with Crippen LogP contribution in [0.4, 0.5) is 0 Å². The van der Waals surface area contributed by atoms with Crippen LogP contribution in [-0.2, 0) is 9.53 Å². The Bertz CT molecular complexity index is 887. The molecule has 1 amide bonds. The van der Waals surface area contributed by atoms with E-state index in [0.717, 1.165) is 5.56 Å². The highest BCUT2D eigenvalue weighted by Gasteiger charge is 2.22. The Morgan fingerprint density at radius 2 is 1.97 bits per heavy atom. The smallest absolute Gasteiger partial charge is 0.341 e. The molecule has 1 aliphatic heterocycles. The topological polar surface area (TPSA) is 86.8 Å². The molecule has 0 radical (unpaired) electrons. The van der Waals surface area contributed by atoms with Gasteiger partial charge in [0.1, 0.15) is 18.2 Å². The zero-order chi connectivity index (χ0) is 20.8. The lowest BCUT2D eigenvalue weighted by Crippen LogP contribution is -2.35. The Labute approximate surface area is 174 Å². The summed E-state index contributed by atoms with van der Waals surface area (Å²) in [5.41, 5.74) is 1.25. The van der Waals surface area contributed by atoms with Gasteiger partial charge in [-0.3, -0.25) is 4.79 Å². The molecule has 1 aromatic carbocycles. The van der Waals surface area contributed by atoms with E-state index >= 15 is 0 Å². The first-order valence-corrected chi connectivity index (χ1v) is 10.6. The Morgan fingerprint density at radius 1 is 1.21 bits per heavy atom. The number of carbonyl (C=O) groups excluding carboxylic acids is 2. The van der Waals surface area contributed by atoms with Crippen molar-refractivity contribution in [2.45, 2.75) is 24.9 Å². The van der Waals surface area contributed by atoms with Gasteiger partial charge in [0.25, 0.3) is 5.91 Å². The van der Waals surface area contributed by atoms with Crippen LogP contribution in [0.3, 0.4) is 0 Å².